The molecule has 0 radical (unpaired) electrons. The molecule has 1 fully saturated rings. The molecule has 19 heavy (non-hydrogen) atoms. The summed E-state index contributed by atoms with van der Waals surface area (Å²) in [5.74, 6) is -0.160. The number of aromatic nitrogens is 1. The van der Waals surface area contributed by atoms with E-state index in [1.54, 1.807) is 18.3 Å². The zero-order valence-corrected chi connectivity index (χ0v) is 10.3. The van der Waals surface area contributed by atoms with Crippen molar-refractivity contribution in [1.29, 1.82) is 0 Å². The van der Waals surface area contributed by atoms with Crippen molar-refractivity contribution in [2.45, 2.75) is 37.8 Å². The maximum absolute atomic E-state index is 11.9. The summed E-state index contributed by atoms with van der Waals surface area (Å²) in [6.07, 6.45) is 5.31. The number of carbonyl (C=O) groups excluding carboxylic acids is 1. The third kappa shape index (κ3) is 3.90. The van der Waals surface area contributed by atoms with Gasteiger partial charge in [-0.05, 0) is 37.8 Å². The minimum Gasteiger partial charge on any atom is -0.349 e. The molecule has 0 spiro atoms. The molecule has 0 aliphatic heterocycles. The molecular formula is C12H15N3O4. The number of nitrogens with zero attached hydrogens (tertiary/aromatic N) is 2. The lowest BCUT2D eigenvalue weighted by Gasteiger charge is -2.27. The van der Waals surface area contributed by atoms with Gasteiger partial charge in [0.05, 0.1) is 5.56 Å². The summed E-state index contributed by atoms with van der Waals surface area (Å²) in [6, 6.07) is 3.44. The maximum Gasteiger partial charge on any atom is 0.294 e. The van der Waals surface area contributed by atoms with Crippen LogP contribution in [0.25, 0.3) is 0 Å². The van der Waals surface area contributed by atoms with E-state index < -0.39 is 5.09 Å². The maximum atomic E-state index is 11.9. The smallest absolute Gasteiger partial charge is 0.294 e. The number of carbonyl (C=O) groups is 1. The molecule has 7 heteroatoms. The van der Waals surface area contributed by atoms with Crippen molar-refractivity contribution < 1.29 is 14.7 Å². The van der Waals surface area contributed by atoms with Crippen LogP contribution < -0.4 is 5.32 Å². The van der Waals surface area contributed by atoms with Crippen molar-refractivity contribution in [2.24, 2.45) is 0 Å². The second-order valence-electron chi connectivity index (χ2n) is 4.52. The van der Waals surface area contributed by atoms with Gasteiger partial charge in [-0.15, -0.1) is 10.1 Å². The van der Waals surface area contributed by atoms with Crippen molar-refractivity contribution in [1.82, 2.24) is 10.3 Å². The van der Waals surface area contributed by atoms with Gasteiger partial charge in [0.25, 0.3) is 11.0 Å². The molecule has 0 bridgehead atoms. The fraction of sp³-hybridized carbons (Fsp3) is 0.500. The molecular weight excluding hydrogens is 250 g/mol. The minimum absolute atomic E-state index is 0.0410. The molecule has 0 atom stereocenters. The lowest BCUT2D eigenvalue weighted by molar-refractivity contribution is -0.769. The van der Waals surface area contributed by atoms with E-state index >= 15 is 0 Å². The largest absolute Gasteiger partial charge is 0.349 e. The van der Waals surface area contributed by atoms with Crippen molar-refractivity contribution in [3.63, 3.8) is 0 Å². The Bertz CT molecular complexity index is 444. The first-order valence-corrected chi connectivity index (χ1v) is 6.17. The average molecular weight is 265 g/mol. The van der Waals surface area contributed by atoms with Crippen LogP contribution >= 0.6 is 0 Å². The Morgan fingerprint density at radius 1 is 1.42 bits per heavy atom. The standard InChI is InChI=1S/C12H15N3O4/c16-12(9-2-1-7-13-8-9)14-10-3-5-11(6-4-10)19-15(17)18/h1-2,7-8,10-11H,3-6H2,(H,14,16)/t10-,11-. The first kappa shape index (κ1) is 13.3. The first-order chi connectivity index (χ1) is 9.15. The van der Waals surface area contributed by atoms with Crippen LogP contribution in [0.15, 0.2) is 24.5 Å². The molecule has 7 nitrogen and oxygen atoms in total. The third-order valence-corrected chi connectivity index (χ3v) is 3.17. The molecule has 1 amide bonds. The molecule has 0 unspecified atom stereocenters. The van der Waals surface area contributed by atoms with Crippen molar-refractivity contribution in [3.8, 4) is 0 Å². The Balaban J connectivity index is 1.80. The van der Waals surface area contributed by atoms with Crippen molar-refractivity contribution >= 4 is 5.91 Å². The summed E-state index contributed by atoms with van der Waals surface area (Å²) in [6.45, 7) is 0. The highest BCUT2D eigenvalue weighted by Crippen LogP contribution is 2.21. The second kappa shape index (κ2) is 6.12. The molecule has 1 saturated carbocycles. The average Bonchev–Trinajstić information content (AvgIpc) is 2.41. The van der Waals surface area contributed by atoms with Crippen LogP contribution in [-0.4, -0.2) is 28.1 Å². The number of amides is 1. The van der Waals surface area contributed by atoms with Gasteiger partial charge in [0.1, 0.15) is 6.10 Å². The predicted octanol–water partition coefficient (Wildman–Crippen LogP) is 1.33. The molecule has 2 rings (SSSR count). The number of nitrogens with one attached hydrogen (secondary N) is 1. The Hall–Kier alpha value is -2.18. The van der Waals surface area contributed by atoms with Gasteiger partial charge in [0, 0.05) is 18.4 Å². The molecule has 102 valence electrons. The van der Waals surface area contributed by atoms with E-state index in [0.717, 1.165) is 0 Å². The highest BCUT2D eigenvalue weighted by molar-refractivity contribution is 5.93. The van der Waals surface area contributed by atoms with Crippen LogP contribution in [0, 0.1) is 10.1 Å². The zero-order valence-electron chi connectivity index (χ0n) is 10.3. The van der Waals surface area contributed by atoms with Gasteiger partial charge < -0.3 is 10.2 Å². The summed E-state index contributed by atoms with van der Waals surface area (Å²) in [5, 5.41) is 12.4. The highest BCUT2D eigenvalue weighted by atomic mass is 17.0. The van der Waals surface area contributed by atoms with Crippen LogP contribution in [0.4, 0.5) is 0 Å². The van der Waals surface area contributed by atoms with E-state index in [-0.39, 0.29) is 18.1 Å². The number of hydrogen-bond acceptors (Lipinski definition) is 5. The monoisotopic (exact) mass is 265 g/mol. The molecule has 1 heterocycles. The quantitative estimate of drug-likeness (QED) is 0.654. The van der Waals surface area contributed by atoms with Gasteiger partial charge in [-0.25, -0.2) is 0 Å². The van der Waals surface area contributed by atoms with Gasteiger partial charge in [0.15, 0.2) is 0 Å². The fourth-order valence-corrected chi connectivity index (χ4v) is 2.20. The third-order valence-electron chi connectivity index (χ3n) is 3.17. The lowest BCUT2D eigenvalue weighted by Crippen LogP contribution is -2.39. The topological polar surface area (TPSA) is 94.4 Å². The summed E-state index contributed by atoms with van der Waals surface area (Å²) in [4.78, 5) is 30.5. The minimum atomic E-state index is -0.751. The van der Waals surface area contributed by atoms with Gasteiger partial charge in [-0.1, -0.05) is 0 Å². The van der Waals surface area contributed by atoms with Crippen molar-refractivity contribution in [3.05, 3.63) is 40.2 Å². The summed E-state index contributed by atoms with van der Waals surface area (Å²) < 4.78 is 0. The van der Waals surface area contributed by atoms with Crippen LogP contribution in [0.3, 0.4) is 0 Å². The Morgan fingerprint density at radius 3 is 2.74 bits per heavy atom. The van der Waals surface area contributed by atoms with Crippen LogP contribution in [0.5, 0.6) is 0 Å². The van der Waals surface area contributed by atoms with E-state index in [4.69, 9.17) is 0 Å². The van der Waals surface area contributed by atoms with Gasteiger partial charge >= 0.3 is 0 Å². The Labute approximate surface area is 110 Å². The van der Waals surface area contributed by atoms with Gasteiger partial charge in [-0.3, -0.25) is 9.78 Å². The van der Waals surface area contributed by atoms with Crippen LogP contribution in [-0.2, 0) is 4.84 Å². The molecule has 1 aromatic rings. The molecule has 1 aliphatic carbocycles. The molecule has 0 saturated heterocycles. The number of hydrogen-bond donors (Lipinski definition) is 1. The second-order valence-corrected chi connectivity index (χ2v) is 4.52. The molecule has 1 aliphatic rings. The summed E-state index contributed by atoms with van der Waals surface area (Å²) in [7, 11) is 0. The Morgan fingerprint density at radius 2 is 2.16 bits per heavy atom. The zero-order chi connectivity index (χ0) is 13.7. The Kier molecular flexibility index (Phi) is 4.27. The molecule has 0 aromatic carbocycles. The lowest BCUT2D eigenvalue weighted by atomic mass is 9.93. The molecule has 1 aromatic heterocycles. The summed E-state index contributed by atoms with van der Waals surface area (Å²) in [5.41, 5.74) is 0.520. The van der Waals surface area contributed by atoms with Crippen LogP contribution in [0.2, 0.25) is 0 Å². The van der Waals surface area contributed by atoms with Crippen LogP contribution in [0.1, 0.15) is 36.0 Å². The fourth-order valence-electron chi connectivity index (χ4n) is 2.20. The van der Waals surface area contributed by atoms with E-state index in [1.165, 1.54) is 6.20 Å². The number of rotatable bonds is 4. The number of pyridine rings is 1. The van der Waals surface area contributed by atoms with Gasteiger partial charge in [0.2, 0.25) is 0 Å². The van der Waals surface area contributed by atoms with E-state index in [9.17, 15) is 14.9 Å². The van der Waals surface area contributed by atoms with E-state index in [2.05, 4.69) is 15.1 Å². The normalized spacial score (nSPS) is 22.5. The SMILES string of the molecule is O=C(N[C@H]1CC[C@H](O[N+](=O)[O-])CC1)c1cccnc1. The predicted molar refractivity (Wildman–Crippen MR) is 65.8 cm³/mol. The van der Waals surface area contributed by atoms with E-state index in [0.29, 0.717) is 31.2 Å². The highest BCUT2D eigenvalue weighted by Gasteiger charge is 2.24. The molecule has 1 N–H and O–H groups in total. The van der Waals surface area contributed by atoms with E-state index in [1.807, 2.05) is 0 Å². The van der Waals surface area contributed by atoms with Crippen molar-refractivity contribution in [2.75, 3.05) is 0 Å². The van der Waals surface area contributed by atoms with Gasteiger partial charge in [-0.2, -0.15) is 0 Å². The first-order valence-electron chi connectivity index (χ1n) is 6.17. The summed E-state index contributed by atoms with van der Waals surface area (Å²) >= 11 is 0.